The SMILES string of the molecule is CCC(CC)NS(=O)(=O)c1ccc(NC2CCN(Cc3ccccc3)C2)nc1. The Balaban J connectivity index is 1.55. The second-order valence-corrected chi connectivity index (χ2v) is 9.08. The Morgan fingerprint density at radius 2 is 1.89 bits per heavy atom. The van der Waals surface area contributed by atoms with Crippen molar-refractivity contribution in [1.82, 2.24) is 14.6 Å². The molecule has 0 saturated carbocycles. The maximum Gasteiger partial charge on any atom is 0.242 e. The molecule has 2 aromatic rings. The summed E-state index contributed by atoms with van der Waals surface area (Å²) in [4.78, 5) is 6.96. The molecule has 0 amide bonds. The van der Waals surface area contributed by atoms with Crippen molar-refractivity contribution < 1.29 is 8.42 Å². The highest BCUT2D eigenvalue weighted by molar-refractivity contribution is 7.89. The number of rotatable bonds is 9. The molecular formula is C21H30N4O2S. The Kier molecular flexibility index (Phi) is 7.04. The standard InChI is InChI=1S/C21H30N4O2S/c1-3-18(4-2)24-28(26,27)20-10-11-21(22-14-20)23-19-12-13-25(16-19)15-17-8-6-5-7-9-17/h5-11,14,18-19,24H,3-4,12-13,15-16H2,1-2H3,(H,22,23). The van der Waals surface area contributed by atoms with Gasteiger partial charge in [-0.2, -0.15) is 0 Å². The molecular weight excluding hydrogens is 372 g/mol. The number of benzene rings is 1. The van der Waals surface area contributed by atoms with Crippen LogP contribution in [0.25, 0.3) is 0 Å². The van der Waals surface area contributed by atoms with Gasteiger partial charge in [0, 0.05) is 37.9 Å². The highest BCUT2D eigenvalue weighted by Crippen LogP contribution is 2.18. The summed E-state index contributed by atoms with van der Waals surface area (Å²) < 4.78 is 27.6. The molecule has 28 heavy (non-hydrogen) atoms. The maximum atomic E-state index is 12.5. The molecule has 1 saturated heterocycles. The van der Waals surface area contributed by atoms with Gasteiger partial charge in [0.1, 0.15) is 10.7 Å². The van der Waals surface area contributed by atoms with Crippen molar-refractivity contribution in [3.63, 3.8) is 0 Å². The molecule has 1 aliphatic heterocycles. The molecule has 1 aromatic carbocycles. The molecule has 152 valence electrons. The zero-order valence-electron chi connectivity index (χ0n) is 16.6. The number of hydrogen-bond donors (Lipinski definition) is 2. The Bertz CT molecular complexity index is 836. The van der Waals surface area contributed by atoms with Crippen LogP contribution in [0.4, 0.5) is 5.82 Å². The average Bonchev–Trinajstić information content (AvgIpc) is 3.14. The van der Waals surface area contributed by atoms with E-state index in [-0.39, 0.29) is 10.9 Å². The number of nitrogens with zero attached hydrogens (tertiary/aromatic N) is 2. The second kappa shape index (κ2) is 9.49. The van der Waals surface area contributed by atoms with E-state index in [0.29, 0.717) is 11.9 Å². The number of sulfonamides is 1. The summed E-state index contributed by atoms with van der Waals surface area (Å²) in [5.41, 5.74) is 1.32. The molecule has 0 spiro atoms. The van der Waals surface area contributed by atoms with Gasteiger partial charge in [-0.05, 0) is 37.0 Å². The van der Waals surface area contributed by atoms with Crippen LogP contribution in [0.1, 0.15) is 38.7 Å². The van der Waals surface area contributed by atoms with E-state index >= 15 is 0 Å². The van der Waals surface area contributed by atoms with Gasteiger partial charge in [-0.25, -0.2) is 18.1 Å². The highest BCUT2D eigenvalue weighted by atomic mass is 32.2. The molecule has 1 unspecified atom stereocenters. The van der Waals surface area contributed by atoms with Gasteiger partial charge in [0.05, 0.1) is 0 Å². The summed E-state index contributed by atoms with van der Waals surface area (Å²) in [7, 11) is -3.52. The van der Waals surface area contributed by atoms with Crippen LogP contribution in [-0.2, 0) is 16.6 Å². The molecule has 2 N–H and O–H groups in total. The fraction of sp³-hybridized carbons (Fsp3) is 0.476. The molecule has 1 aromatic heterocycles. The molecule has 1 aliphatic rings. The lowest BCUT2D eigenvalue weighted by atomic mass is 10.2. The lowest BCUT2D eigenvalue weighted by molar-refractivity contribution is 0.328. The van der Waals surface area contributed by atoms with Crippen molar-refractivity contribution in [2.45, 2.75) is 56.6 Å². The monoisotopic (exact) mass is 402 g/mol. The van der Waals surface area contributed by atoms with Crippen LogP contribution in [-0.4, -0.2) is 43.5 Å². The minimum Gasteiger partial charge on any atom is -0.366 e. The third-order valence-electron chi connectivity index (χ3n) is 5.23. The lowest BCUT2D eigenvalue weighted by Crippen LogP contribution is -2.33. The molecule has 0 aliphatic carbocycles. The van der Waals surface area contributed by atoms with E-state index in [0.717, 1.165) is 38.9 Å². The third kappa shape index (κ3) is 5.53. The van der Waals surface area contributed by atoms with E-state index in [4.69, 9.17) is 0 Å². The molecule has 1 fully saturated rings. The van der Waals surface area contributed by atoms with Gasteiger partial charge in [0.15, 0.2) is 0 Å². The predicted molar refractivity (Wildman–Crippen MR) is 113 cm³/mol. The van der Waals surface area contributed by atoms with Crippen molar-refractivity contribution in [3.8, 4) is 0 Å². The average molecular weight is 403 g/mol. The van der Waals surface area contributed by atoms with Crippen LogP contribution in [0.2, 0.25) is 0 Å². The van der Waals surface area contributed by atoms with Crippen LogP contribution in [0.5, 0.6) is 0 Å². The number of nitrogens with one attached hydrogen (secondary N) is 2. The van der Waals surface area contributed by atoms with E-state index in [1.807, 2.05) is 19.9 Å². The molecule has 7 heteroatoms. The minimum absolute atomic E-state index is 0.0445. The van der Waals surface area contributed by atoms with Gasteiger partial charge < -0.3 is 5.32 Å². The first-order chi connectivity index (χ1) is 13.5. The summed E-state index contributed by atoms with van der Waals surface area (Å²) in [5, 5.41) is 3.43. The predicted octanol–water partition coefficient (Wildman–Crippen LogP) is 3.23. The number of pyridine rings is 1. The van der Waals surface area contributed by atoms with Crippen molar-refractivity contribution in [2.24, 2.45) is 0 Å². The van der Waals surface area contributed by atoms with Gasteiger partial charge in [0.2, 0.25) is 10.0 Å². The van der Waals surface area contributed by atoms with Gasteiger partial charge >= 0.3 is 0 Å². The largest absolute Gasteiger partial charge is 0.366 e. The Morgan fingerprint density at radius 1 is 1.14 bits per heavy atom. The van der Waals surface area contributed by atoms with Crippen molar-refractivity contribution >= 4 is 15.8 Å². The van der Waals surface area contributed by atoms with E-state index in [2.05, 4.69) is 44.2 Å². The topological polar surface area (TPSA) is 74.3 Å². The van der Waals surface area contributed by atoms with Crippen LogP contribution in [0.3, 0.4) is 0 Å². The molecule has 1 atom stereocenters. The molecule has 6 nitrogen and oxygen atoms in total. The highest BCUT2D eigenvalue weighted by Gasteiger charge is 2.23. The summed E-state index contributed by atoms with van der Waals surface area (Å²) >= 11 is 0. The first-order valence-electron chi connectivity index (χ1n) is 10.0. The Hall–Kier alpha value is -1.96. The van der Waals surface area contributed by atoms with E-state index in [1.54, 1.807) is 12.1 Å². The summed E-state index contributed by atoms with van der Waals surface area (Å²) in [5.74, 6) is 0.716. The lowest BCUT2D eigenvalue weighted by Gasteiger charge is -2.17. The summed E-state index contributed by atoms with van der Waals surface area (Å²) in [6.45, 7) is 6.89. The summed E-state index contributed by atoms with van der Waals surface area (Å²) in [6, 6.07) is 14.1. The normalized spacial score (nSPS) is 17.9. The number of anilines is 1. The molecule has 0 bridgehead atoms. The zero-order valence-corrected chi connectivity index (χ0v) is 17.5. The van der Waals surface area contributed by atoms with E-state index in [1.165, 1.54) is 11.8 Å². The first-order valence-corrected chi connectivity index (χ1v) is 11.5. The molecule has 0 radical (unpaired) electrons. The van der Waals surface area contributed by atoms with Gasteiger partial charge in [0.25, 0.3) is 0 Å². The van der Waals surface area contributed by atoms with Crippen LogP contribution >= 0.6 is 0 Å². The second-order valence-electron chi connectivity index (χ2n) is 7.36. The van der Waals surface area contributed by atoms with Crippen molar-refractivity contribution in [3.05, 3.63) is 54.2 Å². The Labute approximate surface area is 168 Å². The van der Waals surface area contributed by atoms with E-state index < -0.39 is 10.0 Å². The quantitative estimate of drug-likeness (QED) is 0.674. The number of likely N-dealkylation sites (tertiary alicyclic amines) is 1. The van der Waals surface area contributed by atoms with E-state index in [9.17, 15) is 8.42 Å². The Morgan fingerprint density at radius 3 is 2.54 bits per heavy atom. The molecule has 3 rings (SSSR count). The minimum atomic E-state index is -3.52. The smallest absolute Gasteiger partial charge is 0.242 e. The van der Waals surface area contributed by atoms with Crippen molar-refractivity contribution in [2.75, 3.05) is 18.4 Å². The van der Waals surface area contributed by atoms with Crippen LogP contribution in [0, 0.1) is 0 Å². The maximum absolute atomic E-state index is 12.5. The fourth-order valence-corrected chi connectivity index (χ4v) is 4.86. The van der Waals surface area contributed by atoms with Gasteiger partial charge in [-0.15, -0.1) is 0 Å². The van der Waals surface area contributed by atoms with Crippen LogP contribution in [0.15, 0.2) is 53.6 Å². The van der Waals surface area contributed by atoms with Crippen molar-refractivity contribution in [1.29, 1.82) is 0 Å². The number of aromatic nitrogens is 1. The van der Waals surface area contributed by atoms with Crippen LogP contribution < -0.4 is 10.0 Å². The molecule has 2 heterocycles. The summed E-state index contributed by atoms with van der Waals surface area (Å²) in [6.07, 6.45) is 4.02. The fourth-order valence-electron chi connectivity index (χ4n) is 3.51. The first kappa shape index (κ1) is 20.8. The van der Waals surface area contributed by atoms with Gasteiger partial charge in [-0.1, -0.05) is 44.2 Å². The number of hydrogen-bond acceptors (Lipinski definition) is 5. The third-order valence-corrected chi connectivity index (χ3v) is 6.73. The van der Waals surface area contributed by atoms with Gasteiger partial charge in [-0.3, -0.25) is 4.90 Å². The zero-order chi connectivity index (χ0) is 20.0.